The van der Waals surface area contributed by atoms with Crippen LogP contribution in [0.1, 0.15) is 23.3 Å². The number of fused-ring (bicyclic) bond motifs is 1. The number of anilines is 2. The standard InChI is InChI=1S/C23H17F4N5O3S/c24-14-2-4-15(5-3-14)29-21(34)31-22-30-16-6-1-12(9-17(16)36-22)18(23(25,26)27)20(33)32-10-13(11-32)19-28-7-8-35-19/h1-9,13,18H,10-11H2,(H2,29,30,31,34). The van der Waals surface area contributed by atoms with Crippen LogP contribution in [0.25, 0.3) is 10.2 Å². The molecular weight excluding hydrogens is 502 g/mol. The lowest BCUT2D eigenvalue weighted by Gasteiger charge is -2.39. The number of carbonyl (C=O) groups is 2. The molecule has 4 aromatic rings. The maximum atomic E-state index is 14.0. The minimum Gasteiger partial charge on any atom is -0.449 e. The van der Waals surface area contributed by atoms with Crippen LogP contribution in [0.15, 0.2) is 59.3 Å². The zero-order chi connectivity index (χ0) is 25.4. The van der Waals surface area contributed by atoms with Crippen molar-refractivity contribution < 1.29 is 31.6 Å². The molecule has 1 aliphatic heterocycles. The van der Waals surface area contributed by atoms with Crippen molar-refractivity contribution in [3.05, 3.63) is 72.2 Å². The summed E-state index contributed by atoms with van der Waals surface area (Å²) in [6.07, 6.45) is -1.99. The minimum absolute atomic E-state index is 0.0892. The number of nitrogens with zero attached hydrogens (tertiary/aromatic N) is 3. The average Bonchev–Trinajstić information content (AvgIpc) is 3.43. The lowest BCUT2D eigenvalue weighted by atomic mass is 9.92. The Hall–Kier alpha value is -4.00. The Balaban J connectivity index is 1.31. The Bertz CT molecular complexity index is 1400. The predicted molar refractivity (Wildman–Crippen MR) is 123 cm³/mol. The fourth-order valence-corrected chi connectivity index (χ4v) is 4.78. The van der Waals surface area contributed by atoms with Gasteiger partial charge >= 0.3 is 12.2 Å². The van der Waals surface area contributed by atoms with Gasteiger partial charge in [0.15, 0.2) is 11.0 Å². The lowest BCUT2D eigenvalue weighted by Crippen LogP contribution is -2.52. The lowest BCUT2D eigenvalue weighted by molar-refractivity contribution is -0.175. The first-order valence-corrected chi connectivity index (χ1v) is 11.5. The first-order chi connectivity index (χ1) is 17.2. The fraction of sp³-hybridized carbons (Fsp3) is 0.217. The van der Waals surface area contributed by atoms with Gasteiger partial charge in [0.05, 0.1) is 22.3 Å². The third-order valence-electron chi connectivity index (χ3n) is 5.64. The average molecular weight is 519 g/mol. The van der Waals surface area contributed by atoms with Gasteiger partial charge in [-0.05, 0) is 42.0 Å². The van der Waals surface area contributed by atoms with Crippen molar-refractivity contribution in [3.8, 4) is 0 Å². The smallest absolute Gasteiger partial charge is 0.404 e. The first-order valence-electron chi connectivity index (χ1n) is 10.7. The van der Waals surface area contributed by atoms with E-state index in [0.717, 1.165) is 16.2 Å². The van der Waals surface area contributed by atoms with Gasteiger partial charge in [0.2, 0.25) is 11.8 Å². The molecular formula is C23H17F4N5O3S. The maximum Gasteiger partial charge on any atom is 0.404 e. The second-order valence-electron chi connectivity index (χ2n) is 8.12. The molecule has 1 unspecified atom stereocenters. The number of benzene rings is 2. The Morgan fingerprint density at radius 1 is 1.11 bits per heavy atom. The van der Waals surface area contributed by atoms with E-state index in [4.69, 9.17) is 4.42 Å². The zero-order valence-electron chi connectivity index (χ0n) is 18.3. The molecule has 3 heterocycles. The number of urea groups is 1. The number of carbonyl (C=O) groups excluding carboxylic acids is 2. The monoisotopic (exact) mass is 519 g/mol. The molecule has 1 atom stereocenters. The van der Waals surface area contributed by atoms with E-state index in [1.165, 1.54) is 54.9 Å². The van der Waals surface area contributed by atoms with Crippen LogP contribution in [-0.4, -0.2) is 46.1 Å². The highest BCUT2D eigenvalue weighted by atomic mass is 32.1. The van der Waals surface area contributed by atoms with Gasteiger partial charge in [0.25, 0.3) is 0 Å². The number of thiazole rings is 1. The van der Waals surface area contributed by atoms with Gasteiger partial charge in [0, 0.05) is 18.8 Å². The van der Waals surface area contributed by atoms with E-state index in [2.05, 4.69) is 20.6 Å². The van der Waals surface area contributed by atoms with Gasteiger partial charge in [-0.1, -0.05) is 17.4 Å². The van der Waals surface area contributed by atoms with Gasteiger partial charge in [-0.2, -0.15) is 13.2 Å². The number of nitrogens with one attached hydrogen (secondary N) is 2. The van der Waals surface area contributed by atoms with Gasteiger partial charge < -0.3 is 14.6 Å². The summed E-state index contributed by atoms with van der Waals surface area (Å²) in [5, 5.41) is 5.15. The minimum atomic E-state index is -4.81. The SMILES string of the molecule is O=C(Nc1ccc(F)cc1)Nc1nc2ccc(C(C(=O)N3CC(c4ncco4)C3)C(F)(F)F)cc2s1. The largest absolute Gasteiger partial charge is 0.449 e. The highest BCUT2D eigenvalue weighted by Gasteiger charge is 2.50. The van der Waals surface area contributed by atoms with E-state index in [1.54, 1.807) is 0 Å². The molecule has 0 spiro atoms. The Morgan fingerprint density at radius 2 is 1.86 bits per heavy atom. The molecule has 0 bridgehead atoms. The topological polar surface area (TPSA) is 100 Å². The maximum absolute atomic E-state index is 14.0. The van der Waals surface area contributed by atoms with E-state index in [9.17, 15) is 27.2 Å². The number of hydrogen-bond acceptors (Lipinski definition) is 6. The summed E-state index contributed by atoms with van der Waals surface area (Å²) in [6.45, 7) is 0.178. The number of halogens is 4. The van der Waals surface area contributed by atoms with Gasteiger partial charge in [-0.3, -0.25) is 10.1 Å². The highest BCUT2D eigenvalue weighted by molar-refractivity contribution is 7.22. The number of amides is 3. The van der Waals surface area contributed by atoms with Crippen molar-refractivity contribution in [3.63, 3.8) is 0 Å². The molecule has 0 radical (unpaired) electrons. The second-order valence-corrected chi connectivity index (χ2v) is 9.15. The Labute approximate surface area is 204 Å². The molecule has 13 heteroatoms. The van der Waals surface area contributed by atoms with Crippen LogP contribution in [0.2, 0.25) is 0 Å². The summed E-state index contributed by atoms with van der Waals surface area (Å²) < 4.78 is 60.5. The number of likely N-dealkylation sites (tertiary alicyclic amines) is 1. The molecule has 2 aromatic heterocycles. The van der Waals surface area contributed by atoms with Crippen LogP contribution in [0, 0.1) is 5.82 Å². The van der Waals surface area contributed by atoms with Crippen molar-refractivity contribution in [1.29, 1.82) is 0 Å². The number of rotatable bonds is 5. The number of alkyl halides is 3. The number of oxazole rings is 1. The van der Waals surface area contributed by atoms with E-state index in [-0.39, 0.29) is 29.7 Å². The molecule has 8 nitrogen and oxygen atoms in total. The normalized spacial score (nSPS) is 14.9. The van der Waals surface area contributed by atoms with Crippen LogP contribution in [0.3, 0.4) is 0 Å². The van der Waals surface area contributed by atoms with Crippen molar-refractivity contribution in [2.75, 3.05) is 23.7 Å². The molecule has 0 saturated carbocycles. The fourth-order valence-electron chi connectivity index (χ4n) is 3.87. The highest BCUT2D eigenvalue weighted by Crippen LogP contribution is 2.40. The van der Waals surface area contributed by atoms with Crippen molar-refractivity contribution in [1.82, 2.24) is 14.9 Å². The third-order valence-corrected chi connectivity index (χ3v) is 6.57. The van der Waals surface area contributed by atoms with Crippen LogP contribution in [0.5, 0.6) is 0 Å². The summed E-state index contributed by atoms with van der Waals surface area (Å²) in [6, 6.07) is 8.31. The summed E-state index contributed by atoms with van der Waals surface area (Å²) in [7, 11) is 0. The molecule has 5 rings (SSSR count). The van der Waals surface area contributed by atoms with Crippen molar-refractivity contribution in [2.24, 2.45) is 0 Å². The van der Waals surface area contributed by atoms with Crippen LogP contribution in [-0.2, 0) is 4.79 Å². The van der Waals surface area contributed by atoms with E-state index in [0.29, 0.717) is 21.8 Å². The van der Waals surface area contributed by atoms with E-state index < -0.39 is 29.8 Å². The molecule has 186 valence electrons. The molecule has 36 heavy (non-hydrogen) atoms. The summed E-state index contributed by atoms with van der Waals surface area (Å²) >= 11 is 0.963. The van der Waals surface area contributed by atoms with Crippen LogP contribution in [0.4, 0.5) is 33.2 Å². The van der Waals surface area contributed by atoms with E-state index in [1.807, 2.05) is 0 Å². The summed E-state index contributed by atoms with van der Waals surface area (Å²) in [4.78, 5) is 34.4. The first kappa shape index (κ1) is 23.7. The van der Waals surface area contributed by atoms with Gasteiger partial charge in [0.1, 0.15) is 12.1 Å². The van der Waals surface area contributed by atoms with E-state index >= 15 is 0 Å². The van der Waals surface area contributed by atoms with Crippen molar-refractivity contribution >= 4 is 44.3 Å². The summed E-state index contributed by atoms with van der Waals surface area (Å²) in [5.74, 6) is -3.70. The molecule has 0 aliphatic carbocycles. The quantitative estimate of drug-likeness (QED) is 0.347. The number of hydrogen-bond donors (Lipinski definition) is 2. The third kappa shape index (κ3) is 4.87. The number of aromatic nitrogens is 2. The predicted octanol–water partition coefficient (Wildman–Crippen LogP) is 5.34. The Morgan fingerprint density at radius 3 is 2.53 bits per heavy atom. The molecule has 1 saturated heterocycles. The molecule has 3 amide bonds. The van der Waals surface area contributed by atoms with Gasteiger partial charge in [-0.15, -0.1) is 0 Å². The summed E-state index contributed by atoms with van der Waals surface area (Å²) in [5.41, 5.74) is 0.493. The Kier molecular flexibility index (Phi) is 6.08. The second kappa shape index (κ2) is 9.22. The van der Waals surface area contributed by atoms with Crippen LogP contribution >= 0.6 is 11.3 Å². The molecule has 2 aromatic carbocycles. The van der Waals surface area contributed by atoms with Crippen molar-refractivity contribution in [2.45, 2.75) is 18.0 Å². The molecule has 1 fully saturated rings. The van der Waals surface area contributed by atoms with Gasteiger partial charge in [-0.25, -0.2) is 19.2 Å². The molecule has 2 N–H and O–H groups in total. The molecule has 1 aliphatic rings. The van der Waals surface area contributed by atoms with Crippen LogP contribution < -0.4 is 10.6 Å². The zero-order valence-corrected chi connectivity index (χ0v) is 19.1.